The third-order valence-corrected chi connectivity index (χ3v) is 3.27. The van der Waals surface area contributed by atoms with Gasteiger partial charge in [0.05, 0.1) is 0 Å². The summed E-state index contributed by atoms with van der Waals surface area (Å²) in [5.41, 5.74) is 4.04. The van der Waals surface area contributed by atoms with Gasteiger partial charge in [-0.25, -0.2) is 0 Å². The van der Waals surface area contributed by atoms with Crippen LogP contribution in [0.25, 0.3) is 11.3 Å². The predicted octanol–water partition coefficient (Wildman–Crippen LogP) is 4.59. The highest BCUT2D eigenvalue weighted by atomic mass is 14.7. The van der Waals surface area contributed by atoms with Crippen LogP contribution in [0.2, 0.25) is 0 Å². The number of H-pyrrole nitrogens is 1. The molecule has 0 aliphatic heterocycles. The first kappa shape index (κ1) is 11.0. The van der Waals surface area contributed by atoms with E-state index < -0.39 is 0 Å². The van der Waals surface area contributed by atoms with Gasteiger partial charge in [-0.15, -0.1) is 0 Å². The van der Waals surface area contributed by atoms with Crippen molar-refractivity contribution in [1.82, 2.24) is 4.98 Å². The van der Waals surface area contributed by atoms with Gasteiger partial charge in [-0.1, -0.05) is 38.1 Å². The third-order valence-electron chi connectivity index (χ3n) is 3.27. The van der Waals surface area contributed by atoms with Gasteiger partial charge in [0.1, 0.15) is 0 Å². The molecule has 16 heavy (non-hydrogen) atoms. The van der Waals surface area contributed by atoms with Crippen LogP contribution < -0.4 is 0 Å². The summed E-state index contributed by atoms with van der Waals surface area (Å²) < 4.78 is 0. The minimum atomic E-state index is 0.666. The summed E-state index contributed by atoms with van der Waals surface area (Å²) >= 11 is 0. The Morgan fingerprint density at radius 2 is 1.75 bits per heavy atom. The zero-order chi connectivity index (χ0) is 11.4. The number of hydrogen-bond acceptors (Lipinski definition) is 0. The quantitative estimate of drug-likeness (QED) is 0.764. The molecule has 1 heteroatoms. The first-order valence-corrected chi connectivity index (χ1v) is 6.09. The Kier molecular flexibility index (Phi) is 3.45. The van der Waals surface area contributed by atoms with Gasteiger partial charge in [0, 0.05) is 17.5 Å². The average Bonchev–Trinajstić information content (AvgIpc) is 2.85. The van der Waals surface area contributed by atoms with Gasteiger partial charge in [-0.05, 0) is 36.5 Å². The van der Waals surface area contributed by atoms with Crippen LogP contribution in [-0.4, -0.2) is 4.98 Å². The molecular formula is C15H19N. The Balaban J connectivity index is 2.45. The Morgan fingerprint density at radius 1 is 1.00 bits per heavy atom. The van der Waals surface area contributed by atoms with Gasteiger partial charge in [0.15, 0.2) is 0 Å². The SMILES string of the molecule is CCC(CC)c1ccccc1-c1ccc[nH]1. The van der Waals surface area contributed by atoms with E-state index in [1.807, 2.05) is 6.20 Å². The van der Waals surface area contributed by atoms with Crippen LogP contribution in [0, 0.1) is 0 Å². The van der Waals surface area contributed by atoms with Gasteiger partial charge in [0.2, 0.25) is 0 Å². The van der Waals surface area contributed by atoms with Crippen molar-refractivity contribution in [2.45, 2.75) is 32.6 Å². The minimum Gasteiger partial charge on any atom is -0.361 e. The van der Waals surface area contributed by atoms with Gasteiger partial charge in [-0.3, -0.25) is 0 Å². The second kappa shape index (κ2) is 5.02. The Hall–Kier alpha value is -1.50. The first-order chi connectivity index (χ1) is 7.86. The van der Waals surface area contributed by atoms with Crippen LogP contribution in [0.1, 0.15) is 38.2 Å². The largest absolute Gasteiger partial charge is 0.361 e. The lowest BCUT2D eigenvalue weighted by molar-refractivity contribution is 0.643. The summed E-state index contributed by atoms with van der Waals surface area (Å²) in [4.78, 5) is 3.30. The molecule has 1 aromatic heterocycles. The number of aromatic amines is 1. The molecule has 2 rings (SSSR count). The molecule has 0 fully saturated rings. The average molecular weight is 213 g/mol. The molecule has 0 radical (unpaired) electrons. The molecular weight excluding hydrogens is 194 g/mol. The molecule has 0 aliphatic carbocycles. The summed E-state index contributed by atoms with van der Waals surface area (Å²) in [6.07, 6.45) is 4.39. The van der Waals surface area contributed by atoms with E-state index in [-0.39, 0.29) is 0 Å². The van der Waals surface area contributed by atoms with Gasteiger partial charge in [0.25, 0.3) is 0 Å². The van der Waals surface area contributed by atoms with Gasteiger partial charge >= 0.3 is 0 Å². The monoisotopic (exact) mass is 213 g/mol. The van der Waals surface area contributed by atoms with E-state index >= 15 is 0 Å². The zero-order valence-electron chi connectivity index (χ0n) is 10.0. The maximum atomic E-state index is 3.30. The minimum absolute atomic E-state index is 0.666. The van der Waals surface area contributed by atoms with Crippen molar-refractivity contribution in [3.63, 3.8) is 0 Å². The van der Waals surface area contributed by atoms with Crippen molar-refractivity contribution in [3.05, 3.63) is 48.2 Å². The van der Waals surface area contributed by atoms with Crippen LogP contribution in [0.4, 0.5) is 0 Å². The van der Waals surface area contributed by atoms with Crippen molar-refractivity contribution < 1.29 is 0 Å². The molecule has 1 N–H and O–H groups in total. The summed E-state index contributed by atoms with van der Waals surface area (Å²) in [6.45, 7) is 4.53. The van der Waals surface area contributed by atoms with Crippen LogP contribution >= 0.6 is 0 Å². The second-order valence-electron chi connectivity index (χ2n) is 4.18. The fraction of sp³-hybridized carbons (Fsp3) is 0.333. The lowest BCUT2D eigenvalue weighted by atomic mass is 9.89. The number of rotatable bonds is 4. The Morgan fingerprint density at radius 3 is 2.38 bits per heavy atom. The molecule has 0 unspecified atom stereocenters. The van der Waals surface area contributed by atoms with E-state index in [1.54, 1.807) is 0 Å². The number of benzene rings is 1. The summed E-state index contributed by atoms with van der Waals surface area (Å²) in [7, 11) is 0. The predicted molar refractivity (Wildman–Crippen MR) is 69.6 cm³/mol. The molecule has 0 spiro atoms. The lowest BCUT2D eigenvalue weighted by Crippen LogP contribution is -1.98. The van der Waals surface area contributed by atoms with Crippen LogP contribution in [0.15, 0.2) is 42.6 Å². The fourth-order valence-corrected chi connectivity index (χ4v) is 2.32. The Bertz CT molecular complexity index is 424. The molecule has 0 aliphatic rings. The van der Waals surface area contributed by atoms with Crippen LogP contribution in [0.5, 0.6) is 0 Å². The molecule has 0 bridgehead atoms. The smallest absolute Gasteiger partial charge is 0.0456 e. The normalized spacial score (nSPS) is 10.9. The summed E-state index contributed by atoms with van der Waals surface area (Å²) in [5, 5.41) is 0. The topological polar surface area (TPSA) is 15.8 Å². The van der Waals surface area contributed by atoms with Gasteiger partial charge in [-0.2, -0.15) is 0 Å². The van der Waals surface area contributed by atoms with Crippen molar-refractivity contribution in [3.8, 4) is 11.3 Å². The summed E-state index contributed by atoms with van der Waals surface area (Å²) in [6, 6.07) is 12.9. The number of nitrogens with one attached hydrogen (secondary N) is 1. The van der Waals surface area contributed by atoms with E-state index in [0.717, 1.165) is 0 Å². The highest BCUT2D eigenvalue weighted by Gasteiger charge is 2.12. The lowest BCUT2D eigenvalue weighted by Gasteiger charge is -2.16. The highest BCUT2D eigenvalue weighted by molar-refractivity contribution is 5.64. The third kappa shape index (κ3) is 2.04. The molecule has 84 valence electrons. The molecule has 1 aromatic carbocycles. The molecule has 1 nitrogen and oxygen atoms in total. The van der Waals surface area contributed by atoms with Gasteiger partial charge < -0.3 is 4.98 Å². The molecule has 0 atom stereocenters. The number of aromatic nitrogens is 1. The second-order valence-corrected chi connectivity index (χ2v) is 4.18. The van der Waals surface area contributed by atoms with Crippen molar-refractivity contribution in [2.24, 2.45) is 0 Å². The standard InChI is InChI=1S/C15H19N/c1-3-12(4-2)13-8-5-6-9-14(13)15-10-7-11-16-15/h5-12,16H,3-4H2,1-2H3. The van der Waals surface area contributed by atoms with Crippen LogP contribution in [0.3, 0.4) is 0 Å². The van der Waals surface area contributed by atoms with Crippen molar-refractivity contribution in [2.75, 3.05) is 0 Å². The van der Waals surface area contributed by atoms with E-state index in [0.29, 0.717) is 5.92 Å². The van der Waals surface area contributed by atoms with E-state index in [2.05, 4.69) is 55.2 Å². The van der Waals surface area contributed by atoms with E-state index in [9.17, 15) is 0 Å². The number of hydrogen-bond donors (Lipinski definition) is 1. The fourth-order valence-electron chi connectivity index (χ4n) is 2.32. The summed E-state index contributed by atoms with van der Waals surface area (Å²) in [5.74, 6) is 0.666. The van der Waals surface area contributed by atoms with Crippen molar-refractivity contribution in [1.29, 1.82) is 0 Å². The van der Waals surface area contributed by atoms with E-state index in [1.165, 1.54) is 29.7 Å². The molecule has 1 heterocycles. The van der Waals surface area contributed by atoms with Crippen molar-refractivity contribution >= 4 is 0 Å². The maximum Gasteiger partial charge on any atom is 0.0456 e. The first-order valence-electron chi connectivity index (χ1n) is 6.09. The Labute approximate surface area is 97.5 Å². The molecule has 0 amide bonds. The molecule has 0 saturated heterocycles. The highest BCUT2D eigenvalue weighted by Crippen LogP contribution is 2.31. The van der Waals surface area contributed by atoms with E-state index in [4.69, 9.17) is 0 Å². The van der Waals surface area contributed by atoms with Crippen LogP contribution in [-0.2, 0) is 0 Å². The zero-order valence-corrected chi connectivity index (χ0v) is 10.0. The molecule has 2 aromatic rings. The maximum absolute atomic E-state index is 3.30. The molecule has 0 saturated carbocycles.